The van der Waals surface area contributed by atoms with Crippen LogP contribution in [0, 0.1) is 5.92 Å². The number of benzene rings is 1. The molecule has 0 unspecified atom stereocenters. The molecule has 5 nitrogen and oxygen atoms in total. The summed E-state index contributed by atoms with van der Waals surface area (Å²) >= 11 is 0. The smallest absolute Gasteiger partial charge is 0.251 e. The van der Waals surface area contributed by atoms with E-state index >= 15 is 0 Å². The largest absolute Gasteiger partial charge is 0.393 e. The van der Waals surface area contributed by atoms with Gasteiger partial charge in [-0.1, -0.05) is 0 Å². The van der Waals surface area contributed by atoms with Crippen LogP contribution in [0.1, 0.15) is 36.0 Å². The van der Waals surface area contributed by atoms with Crippen molar-refractivity contribution < 1.29 is 9.90 Å². The number of carbonyl (C=O) groups is 1. The Morgan fingerprint density at radius 2 is 1.86 bits per heavy atom. The van der Waals surface area contributed by atoms with Crippen molar-refractivity contribution >= 4 is 16.9 Å². The molecule has 1 aliphatic rings. The molecule has 1 heterocycles. The molecule has 5 heteroatoms. The van der Waals surface area contributed by atoms with E-state index in [1.54, 1.807) is 24.5 Å². The number of hydrogen-bond donors (Lipinski definition) is 2. The molecular formula is C16H19N3O2. The molecule has 0 atom stereocenters. The minimum absolute atomic E-state index is 0.0753. The average molecular weight is 285 g/mol. The average Bonchev–Trinajstić information content (AvgIpc) is 2.53. The minimum Gasteiger partial charge on any atom is -0.393 e. The van der Waals surface area contributed by atoms with Crippen molar-refractivity contribution in [3.63, 3.8) is 0 Å². The van der Waals surface area contributed by atoms with Gasteiger partial charge in [-0.15, -0.1) is 0 Å². The van der Waals surface area contributed by atoms with Crippen molar-refractivity contribution in [3.05, 3.63) is 36.2 Å². The van der Waals surface area contributed by atoms with Gasteiger partial charge in [0.2, 0.25) is 0 Å². The van der Waals surface area contributed by atoms with E-state index in [-0.39, 0.29) is 12.0 Å². The first-order valence-corrected chi connectivity index (χ1v) is 7.39. The van der Waals surface area contributed by atoms with E-state index in [2.05, 4.69) is 15.3 Å². The number of aliphatic hydroxyl groups excluding tert-OH is 1. The lowest BCUT2D eigenvalue weighted by Crippen LogP contribution is -2.32. The van der Waals surface area contributed by atoms with Crippen LogP contribution in [0.4, 0.5) is 0 Å². The van der Waals surface area contributed by atoms with E-state index in [1.165, 1.54) is 0 Å². The Labute approximate surface area is 123 Å². The summed E-state index contributed by atoms with van der Waals surface area (Å²) < 4.78 is 0. The summed E-state index contributed by atoms with van der Waals surface area (Å²) in [4.78, 5) is 20.6. The summed E-state index contributed by atoms with van der Waals surface area (Å²) in [5, 5.41) is 12.5. The summed E-state index contributed by atoms with van der Waals surface area (Å²) in [6, 6.07) is 5.35. The van der Waals surface area contributed by atoms with E-state index in [1.807, 2.05) is 6.07 Å². The maximum absolute atomic E-state index is 12.2. The first kappa shape index (κ1) is 13.9. The van der Waals surface area contributed by atoms with E-state index < -0.39 is 0 Å². The molecule has 110 valence electrons. The van der Waals surface area contributed by atoms with Gasteiger partial charge in [0.05, 0.1) is 17.1 Å². The topological polar surface area (TPSA) is 75.1 Å². The van der Waals surface area contributed by atoms with Crippen molar-refractivity contribution in [2.45, 2.75) is 31.8 Å². The lowest BCUT2D eigenvalue weighted by Gasteiger charge is -2.25. The van der Waals surface area contributed by atoms with Crippen LogP contribution in [0.5, 0.6) is 0 Å². The number of rotatable bonds is 3. The van der Waals surface area contributed by atoms with Crippen molar-refractivity contribution in [2.75, 3.05) is 6.54 Å². The molecule has 0 spiro atoms. The van der Waals surface area contributed by atoms with Gasteiger partial charge in [0, 0.05) is 24.5 Å². The zero-order chi connectivity index (χ0) is 14.7. The summed E-state index contributed by atoms with van der Waals surface area (Å²) in [7, 11) is 0. The zero-order valence-electron chi connectivity index (χ0n) is 11.8. The third kappa shape index (κ3) is 3.36. The van der Waals surface area contributed by atoms with Gasteiger partial charge in [-0.2, -0.15) is 0 Å². The lowest BCUT2D eigenvalue weighted by molar-refractivity contribution is 0.0910. The summed E-state index contributed by atoms with van der Waals surface area (Å²) in [6.07, 6.45) is 6.74. The Kier molecular flexibility index (Phi) is 4.10. The number of carbonyl (C=O) groups excluding carboxylic acids is 1. The predicted molar refractivity (Wildman–Crippen MR) is 79.8 cm³/mol. The van der Waals surface area contributed by atoms with Crippen LogP contribution in [-0.4, -0.2) is 33.6 Å². The Morgan fingerprint density at radius 3 is 2.62 bits per heavy atom. The van der Waals surface area contributed by atoms with Crippen LogP contribution >= 0.6 is 0 Å². The van der Waals surface area contributed by atoms with Gasteiger partial charge in [0.25, 0.3) is 5.91 Å². The maximum atomic E-state index is 12.2. The van der Waals surface area contributed by atoms with Crippen LogP contribution < -0.4 is 5.32 Å². The predicted octanol–water partition coefficient (Wildman–Crippen LogP) is 1.91. The monoisotopic (exact) mass is 285 g/mol. The maximum Gasteiger partial charge on any atom is 0.251 e. The summed E-state index contributed by atoms with van der Waals surface area (Å²) in [5.74, 6) is 0.395. The quantitative estimate of drug-likeness (QED) is 0.903. The third-order valence-corrected chi connectivity index (χ3v) is 4.10. The molecule has 1 fully saturated rings. The first-order valence-electron chi connectivity index (χ1n) is 7.39. The molecule has 1 amide bonds. The van der Waals surface area contributed by atoms with E-state index in [0.717, 1.165) is 36.7 Å². The van der Waals surface area contributed by atoms with Crippen LogP contribution in [0.3, 0.4) is 0 Å². The molecule has 2 aromatic rings. The zero-order valence-corrected chi connectivity index (χ0v) is 11.8. The molecule has 0 aliphatic heterocycles. The van der Waals surface area contributed by atoms with Gasteiger partial charge >= 0.3 is 0 Å². The molecule has 1 aromatic heterocycles. The molecule has 21 heavy (non-hydrogen) atoms. The molecule has 1 aromatic carbocycles. The fraction of sp³-hybridized carbons (Fsp3) is 0.438. The number of aromatic nitrogens is 2. The Bertz CT molecular complexity index is 636. The van der Waals surface area contributed by atoms with Gasteiger partial charge in [-0.05, 0) is 49.8 Å². The van der Waals surface area contributed by atoms with Crippen molar-refractivity contribution in [2.24, 2.45) is 5.92 Å². The first-order chi connectivity index (χ1) is 10.2. The Hall–Kier alpha value is -2.01. The van der Waals surface area contributed by atoms with Crippen LogP contribution in [0.2, 0.25) is 0 Å². The molecule has 0 bridgehead atoms. The summed E-state index contributed by atoms with van der Waals surface area (Å²) in [5.41, 5.74) is 2.13. The van der Waals surface area contributed by atoms with Crippen molar-refractivity contribution in [1.29, 1.82) is 0 Å². The van der Waals surface area contributed by atoms with Gasteiger partial charge in [-0.25, -0.2) is 0 Å². The van der Waals surface area contributed by atoms with Crippen LogP contribution in [-0.2, 0) is 0 Å². The highest BCUT2D eigenvalue weighted by atomic mass is 16.3. The molecule has 3 rings (SSSR count). The van der Waals surface area contributed by atoms with Gasteiger partial charge < -0.3 is 10.4 Å². The number of amides is 1. The number of nitrogens with zero attached hydrogens (tertiary/aromatic N) is 2. The highest BCUT2D eigenvalue weighted by molar-refractivity contribution is 5.97. The second kappa shape index (κ2) is 6.18. The van der Waals surface area contributed by atoms with Gasteiger partial charge in [0.1, 0.15) is 0 Å². The minimum atomic E-state index is -0.156. The third-order valence-electron chi connectivity index (χ3n) is 4.10. The normalized spacial score (nSPS) is 22.1. The highest BCUT2D eigenvalue weighted by Gasteiger charge is 2.20. The van der Waals surface area contributed by atoms with Gasteiger partial charge in [-0.3, -0.25) is 14.8 Å². The van der Waals surface area contributed by atoms with E-state index in [4.69, 9.17) is 0 Å². The molecule has 0 saturated heterocycles. The Morgan fingerprint density at radius 1 is 1.14 bits per heavy atom. The van der Waals surface area contributed by atoms with Crippen molar-refractivity contribution in [3.8, 4) is 0 Å². The molecular weight excluding hydrogens is 266 g/mol. The lowest BCUT2D eigenvalue weighted by atomic mass is 9.87. The molecule has 2 N–H and O–H groups in total. The number of hydrogen-bond acceptors (Lipinski definition) is 4. The number of fused-ring (bicyclic) bond motifs is 1. The van der Waals surface area contributed by atoms with Crippen molar-refractivity contribution in [1.82, 2.24) is 15.3 Å². The van der Waals surface area contributed by atoms with E-state index in [0.29, 0.717) is 18.0 Å². The summed E-state index contributed by atoms with van der Waals surface area (Å²) in [6.45, 7) is 0.671. The second-order valence-electron chi connectivity index (χ2n) is 5.64. The number of aliphatic hydroxyl groups is 1. The molecule has 1 saturated carbocycles. The van der Waals surface area contributed by atoms with Crippen LogP contribution in [0.25, 0.3) is 11.0 Å². The van der Waals surface area contributed by atoms with Gasteiger partial charge in [0.15, 0.2) is 0 Å². The second-order valence-corrected chi connectivity index (χ2v) is 5.64. The van der Waals surface area contributed by atoms with E-state index in [9.17, 15) is 9.90 Å². The highest BCUT2D eigenvalue weighted by Crippen LogP contribution is 2.23. The molecule has 0 radical (unpaired) electrons. The fourth-order valence-corrected chi connectivity index (χ4v) is 2.79. The standard InChI is InChI=1S/C16H19N3O2/c20-13-4-1-11(2-5-13)10-19-16(21)12-3-6-14-15(9-12)18-8-7-17-14/h3,6-9,11,13,20H,1-2,4-5,10H2,(H,19,21). The SMILES string of the molecule is O=C(NCC1CCC(O)CC1)c1ccc2nccnc2c1. The van der Waals surface area contributed by atoms with Crippen LogP contribution in [0.15, 0.2) is 30.6 Å². The Balaban J connectivity index is 1.61. The fourth-order valence-electron chi connectivity index (χ4n) is 2.79. The number of nitrogens with one attached hydrogen (secondary N) is 1. The molecule has 1 aliphatic carbocycles.